The van der Waals surface area contributed by atoms with Crippen LogP contribution in [-0.4, -0.2) is 43.3 Å². The quantitative estimate of drug-likeness (QED) is 0.711. The highest BCUT2D eigenvalue weighted by atomic mass is 16.2. The molecule has 1 aromatic heterocycles. The third-order valence-electron chi connectivity index (χ3n) is 5.67. The van der Waals surface area contributed by atoms with Crippen LogP contribution in [0.4, 0.5) is 4.79 Å². The van der Waals surface area contributed by atoms with E-state index in [1.54, 1.807) is 4.90 Å². The number of nitrogens with zero attached hydrogens (tertiary/aromatic N) is 5. The first kappa shape index (κ1) is 20.3. The number of carbonyl (C=O) groups excluding carboxylic acids is 1. The number of aryl methyl sites for hydroxylation is 2. The van der Waals surface area contributed by atoms with E-state index >= 15 is 0 Å². The van der Waals surface area contributed by atoms with Crippen molar-refractivity contribution >= 4 is 6.03 Å². The van der Waals surface area contributed by atoms with Gasteiger partial charge in [-0.1, -0.05) is 44.7 Å². The summed E-state index contributed by atoms with van der Waals surface area (Å²) < 4.78 is 2.13. The molecule has 1 aliphatic carbocycles. The Labute approximate surface area is 166 Å². The zero-order valence-corrected chi connectivity index (χ0v) is 17.2. The van der Waals surface area contributed by atoms with Crippen LogP contribution in [0.5, 0.6) is 0 Å². The van der Waals surface area contributed by atoms with E-state index < -0.39 is 5.69 Å². The predicted octanol–water partition coefficient (Wildman–Crippen LogP) is 3.70. The number of carbonyl (C=O) groups is 1. The number of unbranched alkanes of at least 4 members (excludes halogenated alkanes) is 1. The minimum absolute atomic E-state index is 0.183. The molecular formula is C21H31N5O2. The minimum Gasteiger partial charge on any atom is -0.320 e. The first-order valence-electron chi connectivity index (χ1n) is 10.5. The number of hydrogen-bond donors (Lipinski definition) is 0. The Morgan fingerprint density at radius 2 is 1.93 bits per heavy atom. The van der Waals surface area contributed by atoms with Gasteiger partial charge in [-0.25, -0.2) is 9.59 Å². The van der Waals surface area contributed by atoms with E-state index in [9.17, 15) is 9.59 Å². The molecule has 2 aromatic rings. The molecule has 7 nitrogen and oxygen atoms in total. The average Bonchev–Trinajstić information content (AvgIpc) is 3.09. The van der Waals surface area contributed by atoms with Crippen molar-refractivity contribution in [1.82, 2.24) is 24.7 Å². The van der Waals surface area contributed by atoms with Crippen LogP contribution in [0, 0.1) is 6.92 Å². The Morgan fingerprint density at radius 3 is 2.57 bits per heavy atom. The number of hydrogen-bond acceptors (Lipinski definition) is 4. The topological polar surface area (TPSA) is 73.0 Å². The van der Waals surface area contributed by atoms with Crippen molar-refractivity contribution in [3.63, 3.8) is 0 Å². The van der Waals surface area contributed by atoms with Gasteiger partial charge in [0.2, 0.25) is 0 Å². The molecule has 1 fully saturated rings. The van der Waals surface area contributed by atoms with Crippen LogP contribution in [0.2, 0.25) is 0 Å². The van der Waals surface area contributed by atoms with E-state index in [0.29, 0.717) is 12.2 Å². The van der Waals surface area contributed by atoms with Crippen molar-refractivity contribution in [2.24, 2.45) is 0 Å². The summed E-state index contributed by atoms with van der Waals surface area (Å²) in [6, 6.07) is 5.81. The monoisotopic (exact) mass is 385 g/mol. The zero-order chi connectivity index (χ0) is 20.1. The molecule has 1 saturated carbocycles. The molecule has 1 heterocycles. The van der Waals surface area contributed by atoms with Crippen LogP contribution in [0.1, 0.15) is 69.9 Å². The fourth-order valence-corrected chi connectivity index (χ4v) is 4.07. The molecule has 0 spiro atoms. The third kappa shape index (κ3) is 4.18. The Morgan fingerprint density at radius 1 is 1.18 bits per heavy atom. The molecule has 0 aliphatic heterocycles. The maximum Gasteiger partial charge on any atom is 0.377 e. The largest absolute Gasteiger partial charge is 0.377 e. The summed E-state index contributed by atoms with van der Waals surface area (Å²) in [4.78, 5) is 27.6. The molecule has 152 valence electrons. The number of aromatic nitrogens is 4. The van der Waals surface area contributed by atoms with E-state index in [1.165, 1.54) is 16.7 Å². The second-order valence-corrected chi connectivity index (χ2v) is 7.67. The Kier molecular flexibility index (Phi) is 6.65. The summed E-state index contributed by atoms with van der Waals surface area (Å²) in [5, 5.41) is 7.89. The van der Waals surface area contributed by atoms with Crippen LogP contribution in [0.15, 0.2) is 23.0 Å². The highest BCUT2D eigenvalue weighted by molar-refractivity contribution is 5.75. The van der Waals surface area contributed by atoms with Crippen molar-refractivity contribution in [3.05, 3.63) is 39.8 Å². The second kappa shape index (κ2) is 9.17. The summed E-state index contributed by atoms with van der Waals surface area (Å²) in [7, 11) is 0. The molecule has 0 atom stereocenters. The average molecular weight is 386 g/mol. The second-order valence-electron chi connectivity index (χ2n) is 7.67. The molecule has 0 saturated heterocycles. The highest BCUT2D eigenvalue weighted by Crippen LogP contribution is 2.23. The Balaban J connectivity index is 1.85. The molecule has 0 N–H and O–H groups in total. The minimum atomic E-state index is -0.510. The van der Waals surface area contributed by atoms with Gasteiger partial charge in [-0.05, 0) is 67.2 Å². The highest BCUT2D eigenvalue weighted by Gasteiger charge is 2.28. The van der Waals surface area contributed by atoms with Gasteiger partial charge >= 0.3 is 11.7 Å². The molecule has 0 bridgehead atoms. The number of benzene rings is 1. The summed E-state index contributed by atoms with van der Waals surface area (Å²) >= 11 is 0. The maximum absolute atomic E-state index is 13.0. The van der Waals surface area contributed by atoms with E-state index in [1.807, 2.05) is 26.0 Å². The van der Waals surface area contributed by atoms with Gasteiger partial charge in [-0.3, -0.25) is 0 Å². The van der Waals surface area contributed by atoms with Gasteiger partial charge in [-0.15, -0.1) is 4.68 Å². The lowest BCUT2D eigenvalue weighted by molar-refractivity contribution is 0.157. The van der Waals surface area contributed by atoms with Gasteiger partial charge in [0.1, 0.15) is 0 Å². The van der Waals surface area contributed by atoms with Gasteiger partial charge in [0.05, 0.1) is 5.69 Å². The van der Waals surface area contributed by atoms with Crippen molar-refractivity contribution in [2.45, 2.75) is 78.2 Å². The first-order valence-corrected chi connectivity index (χ1v) is 10.5. The smallest absolute Gasteiger partial charge is 0.320 e. The van der Waals surface area contributed by atoms with E-state index in [0.717, 1.165) is 55.2 Å². The third-order valence-corrected chi connectivity index (χ3v) is 5.67. The van der Waals surface area contributed by atoms with Crippen LogP contribution >= 0.6 is 0 Å². The first-order chi connectivity index (χ1) is 13.6. The van der Waals surface area contributed by atoms with Gasteiger partial charge in [0.25, 0.3) is 0 Å². The molecular weight excluding hydrogens is 354 g/mol. The Hall–Kier alpha value is -2.44. The van der Waals surface area contributed by atoms with E-state index in [4.69, 9.17) is 0 Å². The standard InChI is InChI=1S/C21H31N5O2/c1-4-6-10-17-13-14-19(16(3)15-17)25-21(28)26(23-22-25)20(27)24(5-2)18-11-8-7-9-12-18/h13-15,18H,4-12H2,1-3H3. The van der Waals surface area contributed by atoms with E-state index in [-0.39, 0.29) is 12.1 Å². The molecule has 1 aliphatic rings. The van der Waals surface area contributed by atoms with Crippen LogP contribution in [-0.2, 0) is 6.42 Å². The molecule has 0 radical (unpaired) electrons. The molecule has 28 heavy (non-hydrogen) atoms. The SMILES string of the molecule is CCCCc1ccc(-n2nnn(C(=O)N(CC)C3CCCCC3)c2=O)c(C)c1. The summed E-state index contributed by atoms with van der Waals surface area (Å²) in [5.41, 5.74) is 2.36. The summed E-state index contributed by atoms with van der Waals surface area (Å²) in [6.07, 6.45) is 8.74. The Bertz CT molecular complexity index is 864. The van der Waals surface area contributed by atoms with Gasteiger partial charge < -0.3 is 4.90 Å². The van der Waals surface area contributed by atoms with Crippen molar-refractivity contribution in [2.75, 3.05) is 6.54 Å². The van der Waals surface area contributed by atoms with Crippen LogP contribution < -0.4 is 5.69 Å². The lowest BCUT2D eigenvalue weighted by atomic mass is 9.94. The molecule has 3 rings (SSSR count). The van der Waals surface area contributed by atoms with Crippen molar-refractivity contribution < 1.29 is 4.79 Å². The lowest BCUT2D eigenvalue weighted by Gasteiger charge is -2.32. The fourth-order valence-electron chi connectivity index (χ4n) is 4.07. The van der Waals surface area contributed by atoms with Gasteiger partial charge in [0.15, 0.2) is 0 Å². The lowest BCUT2D eigenvalue weighted by Crippen LogP contribution is -2.47. The molecule has 7 heteroatoms. The van der Waals surface area contributed by atoms with E-state index in [2.05, 4.69) is 23.4 Å². The summed E-state index contributed by atoms with van der Waals surface area (Å²) in [6.45, 7) is 6.64. The molecule has 0 unspecified atom stereocenters. The van der Waals surface area contributed by atoms with Gasteiger partial charge in [0, 0.05) is 12.6 Å². The van der Waals surface area contributed by atoms with Crippen LogP contribution in [0.25, 0.3) is 5.69 Å². The van der Waals surface area contributed by atoms with Crippen molar-refractivity contribution in [1.29, 1.82) is 0 Å². The number of tetrazole rings is 1. The van der Waals surface area contributed by atoms with Crippen molar-refractivity contribution in [3.8, 4) is 5.69 Å². The van der Waals surface area contributed by atoms with Gasteiger partial charge in [-0.2, -0.15) is 4.68 Å². The fraction of sp³-hybridized carbons (Fsp3) is 0.619. The predicted molar refractivity (Wildman–Crippen MR) is 109 cm³/mol. The normalized spacial score (nSPS) is 15.0. The number of rotatable bonds is 6. The van der Waals surface area contributed by atoms with Crippen LogP contribution in [0.3, 0.4) is 0 Å². The molecule has 1 amide bonds. The zero-order valence-electron chi connectivity index (χ0n) is 17.2. The summed E-state index contributed by atoms with van der Waals surface area (Å²) in [5.74, 6) is 0. The maximum atomic E-state index is 13.0. The number of amides is 1. The molecule has 1 aromatic carbocycles.